The maximum absolute atomic E-state index is 12.5. The van der Waals surface area contributed by atoms with Crippen molar-refractivity contribution in [3.63, 3.8) is 0 Å². The van der Waals surface area contributed by atoms with E-state index in [2.05, 4.69) is 40.9 Å². The Kier molecular flexibility index (Phi) is 4.72. The molecule has 0 bridgehead atoms. The fraction of sp³-hybridized carbons (Fsp3) is 0.438. The van der Waals surface area contributed by atoms with Crippen LogP contribution in [0.2, 0.25) is 0 Å². The van der Waals surface area contributed by atoms with Gasteiger partial charge in [0.2, 0.25) is 10.0 Å². The van der Waals surface area contributed by atoms with Crippen LogP contribution in [0.25, 0.3) is 0 Å². The van der Waals surface area contributed by atoms with Gasteiger partial charge >= 0.3 is 0 Å². The van der Waals surface area contributed by atoms with E-state index in [4.69, 9.17) is 0 Å². The molecule has 0 saturated carbocycles. The molecule has 120 valence electrons. The standard InChI is InChI=1S/C16H23N3O2S/c1-10(2)14-7-6-11(3)15(8-14)9-17-22(20,21)16-12(4)18-19-13(16)5/h6-8,10,17H,9H2,1-5H3,(H,18,19). The summed E-state index contributed by atoms with van der Waals surface area (Å²) in [6.07, 6.45) is 0. The van der Waals surface area contributed by atoms with Crippen molar-refractivity contribution in [2.24, 2.45) is 0 Å². The zero-order chi connectivity index (χ0) is 16.5. The van der Waals surface area contributed by atoms with Crippen LogP contribution in [0.3, 0.4) is 0 Å². The molecule has 0 aliphatic heterocycles. The van der Waals surface area contributed by atoms with Crippen molar-refractivity contribution >= 4 is 10.0 Å². The van der Waals surface area contributed by atoms with Crippen molar-refractivity contribution in [1.29, 1.82) is 0 Å². The molecule has 1 heterocycles. The van der Waals surface area contributed by atoms with Crippen LogP contribution in [-0.4, -0.2) is 18.6 Å². The summed E-state index contributed by atoms with van der Waals surface area (Å²) >= 11 is 0. The van der Waals surface area contributed by atoms with Crippen molar-refractivity contribution in [2.75, 3.05) is 0 Å². The maximum atomic E-state index is 12.5. The van der Waals surface area contributed by atoms with Gasteiger partial charge in [0.1, 0.15) is 4.90 Å². The fourth-order valence-corrected chi connectivity index (χ4v) is 3.80. The van der Waals surface area contributed by atoms with E-state index < -0.39 is 10.0 Å². The highest BCUT2D eigenvalue weighted by Crippen LogP contribution is 2.20. The molecule has 0 amide bonds. The molecule has 0 radical (unpaired) electrons. The van der Waals surface area contributed by atoms with Gasteiger partial charge in [-0.15, -0.1) is 0 Å². The molecule has 0 spiro atoms. The molecule has 2 rings (SSSR count). The highest BCUT2D eigenvalue weighted by atomic mass is 32.2. The highest BCUT2D eigenvalue weighted by molar-refractivity contribution is 7.89. The third-order valence-corrected chi connectivity index (χ3v) is 5.49. The number of H-pyrrole nitrogens is 1. The maximum Gasteiger partial charge on any atom is 0.244 e. The van der Waals surface area contributed by atoms with Crippen molar-refractivity contribution in [3.8, 4) is 0 Å². The Hall–Kier alpha value is -1.66. The minimum absolute atomic E-state index is 0.241. The van der Waals surface area contributed by atoms with E-state index in [-0.39, 0.29) is 11.4 Å². The quantitative estimate of drug-likeness (QED) is 0.889. The molecule has 0 saturated heterocycles. The summed E-state index contributed by atoms with van der Waals surface area (Å²) in [6, 6.07) is 6.19. The largest absolute Gasteiger partial charge is 0.281 e. The fourth-order valence-electron chi connectivity index (χ4n) is 2.42. The van der Waals surface area contributed by atoms with Gasteiger partial charge in [-0.1, -0.05) is 32.0 Å². The van der Waals surface area contributed by atoms with Gasteiger partial charge in [0, 0.05) is 6.54 Å². The molecule has 1 aromatic carbocycles. The van der Waals surface area contributed by atoms with Crippen LogP contribution in [0.5, 0.6) is 0 Å². The number of hydrogen-bond donors (Lipinski definition) is 2. The predicted octanol–water partition coefficient (Wildman–Crippen LogP) is 2.94. The predicted molar refractivity (Wildman–Crippen MR) is 87.4 cm³/mol. The third-order valence-electron chi connectivity index (χ3n) is 3.82. The molecule has 0 fully saturated rings. The van der Waals surface area contributed by atoms with E-state index in [9.17, 15) is 8.42 Å². The number of rotatable bonds is 5. The Morgan fingerprint density at radius 3 is 2.45 bits per heavy atom. The van der Waals surface area contributed by atoms with Gasteiger partial charge in [0.05, 0.1) is 11.4 Å². The number of aromatic amines is 1. The summed E-state index contributed by atoms with van der Waals surface area (Å²) in [5.74, 6) is 0.411. The van der Waals surface area contributed by atoms with E-state index in [1.807, 2.05) is 13.0 Å². The average Bonchev–Trinajstić information content (AvgIpc) is 2.77. The SMILES string of the molecule is Cc1ccc(C(C)C)cc1CNS(=O)(=O)c1c(C)n[nH]c1C. The lowest BCUT2D eigenvalue weighted by atomic mass is 9.98. The van der Waals surface area contributed by atoms with E-state index >= 15 is 0 Å². The van der Waals surface area contributed by atoms with Gasteiger partial charge in [0.25, 0.3) is 0 Å². The summed E-state index contributed by atoms with van der Waals surface area (Å²) in [4.78, 5) is 0.241. The summed E-state index contributed by atoms with van der Waals surface area (Å²) in [7, 11) is -3.57. The zero-order valence-corrected chi connectivity index (χ0v) is 14.5. The van der Waals surface area contributed by atoms with Crippen molar-refractivity contribution in [3.05, 3.63) is 46.3 Å². The van der Waals surface area contributed by atoms with Gasteiger partial charge in [-0.3, -0.25) is 5.10 Å². The summed E-state index contributed by atoms with van der Waals surface area (Å²) in [5.41, 5.74) is 4.31. The Labute approximate surface area is 132 Å². The minimum atomic E-state index is -3.57. The molecule has 0 atom stereocenters. The lowest BCUT2D eigenvalue weighted by Crippen LogP contribution is -2.24. The monoisotopic (exact) mass is 321 g/mol. The molecular weight excluding hydrogens is 298 g/mol. The average molecular weight is 321 g/mol. The lowest BCUT2D eigenvalue weighted by Gasteiger charge is -2.12. The summed E-state index contributed by atoms with van der Waals surface area (Å²) < 4.78 is 27.6. The van der Waals surface area contributed by atoms with Crippen molar-refractivity contribution in [1.82, 2.24) is 14.9 Å². The Morgan fingerprint density at radius 2 is 1.91 bits per heavy atom. The molecule has 2 N–H and O–H groups in total. The van der Waals surface area contributed by atoms with Crippen LogP contribution in [0.4, 0.5) is 0 Å². The van der Waals surface area contributed by atoms with Crippen LogP contribution in [0.1, 0.15) is 47.8 Å². The van der Waals surface area contributed by atoms with Crippen LogP contribution in [0.15, 0.2) is 23.1 Å². The smallest absolute Gasteiger partial charge is 0.244 e. The number of hydrogen-bond acceptors (Lipinski definition) is 3. The number of sulfonamides is 1. The Morgan fingerprint density at radius 1 is 1.23 bits per heavy atom. The molecule has 5 nitrogen and oxygen atoms in total. The van der Waals surface area contributed by atoms with Crippen LogP contribution in [-0.2, 0) is 16.6 Å². The van der Waals surface area contributed by atoms with Crippen LogP contribution in [0, 0.1) is 20.8 Å². The first-order chi connectivity index (χ1) is 10.2. The van der Waals surface area contributed by atoms with E-state index in [1.165, 1.54) is 5.56 Å². The molecule has 0 unspecified atom stereocenters. The van der Waals surface area contributed by atoms with Gasteiger partial charge in [0.15, 0.2) is 0 Å². The topological polar surface area (TPSA) is 74.8 Å². The Bertz CT molecular complexity index is 757. The third kappa shape index (κ3) is 3.39. The van der Waals surface area contributed by atoms with Crippen molar-refractivity contribution in [2.45, 2.75) is 52.0 Å². The van der Waals surface area contributed by atoms with Crippen LogP contribution < -0.4 is 4.72 Å². The van der Waals surface area contributed by atoms with Crippen molar-refractivity contribution < 1.29 is 8.42 Å². The normalized spacial score (nSPS) is 12.1. The summed E-state index contributed by atoms with van der Waals surface area (Å²) in [5, 5.41) is 6.66. The van der Waals surface area contributed by atoms with Crippen LogP contribution >= 0.6 is 0 Å². The second kappa shape index (κ2) is 6.22. The van der Waals surface area contributed by atoms with Gasteiger partial charge < -0.3 is 0 Å². The second-order valence-electron chi connectivity index (χ2n) is 5.93. The highest BCUT2D eigenvalue weighted by Gasteiger charge is 2.22. The lowest BCUT2D eigenvalue weighted by molar-refractivity contribution is 0.580. The van der Waals surface area contributed by atoms with E-state index in [0.717, 1.165) is 11.1 Å². The molecule has 22 heavy (non-hydrogen) atoms. The number of benzene rings is 1. The number of nitrogens with zero attached hydrogens (tertiary/aromatic N) is 1. The van der Waals surface area contributed by atoms with Gasteiger partial charge in [-0.05, 0) is 43.4 Å². The molecular formula is C16H23N3O2S. The first-order valence-electron chi connectivity index (χ1n) is 7.33. The Balaban J connectivity index is 2.25. The van der Waals surface area contributed by atoms with Gasteiger partial charge in [-0.25, -0.2) is 13.1 Å². The first kappa shape index (κ1) is 16.7. The molecule has 2 aromatic rings. The molecule has 0 aliphatic rings. The number of aromatic nitrogens is 2. The molecule has 1 aromatic heterocycles. The second-order valence-corrected chi connectivity index (χ2v) is 7.63. The molecule has 6 heteroatoms. The van der Waals surface area contributed by atoms with Gasteiger partial charge in [-0.2, -0.15) is 5.10 Å². The molecule has 0 aliphatic carbocycles. The van der Waals surface area contributed by atoms with E-state index in [0.29, 0.717) is 17.3 Å². The van der Waals surface area contributed by atoms with E-state index in [1.54, 1.807) is 13.8 Å². The first-order valence-corrected chi connectivity index (χ1v) is 8.81. The minimum Gasteiger partial charge on any atom is -0.281 e. The zero-order valence-electron chi connectivity index (χ0n) is 13.7. The number of nitrogens with one attached hydrogen (secondary N) is 2. The number of aryl methyl sites for hydroxylation is 3. The summed E-state index contributed by atoms with van der Waals surface area (Å²) in [6.45, 7) is 9.90.